The number of rotatable bonds is 7. The van der Waals surface area contributed by atoms with E-state index >= 15 is 0 Å². The Balaban J connectivity index is 2.97. The Labute approximate surface area is 218 Å². The summed E-state index contributed by atoms with van der Waals surface area (Å²) >= 11 is 0. The van der Waals surface area contributed by atoms with Crippen molar-refractivity contribution in [1.82, 2.24) is 9.97 Å². The van der Waals surface area contributed by atoms with Gasteiger partial charge >= 0.3 is 0 Å². The van der Waals surface area contributed by atoms with Gasteiger partial charge in [-0.2, -0.15) is 21.0 Å². The van der Waals surface area contributed by atoms with Gasteiger partial charge in [0, 0.05) is 11.1 Å². The van der Waals surface area contributed by atoms with E-state index in [0.717, 1.165) is 22.3 Å². The summed E-state index contributed by atoms with van der Waals surface area (Å²) < 4.78 is 0. The second-order valence-electron chi connectivity index (χ2n) is 7.82. The number of aromatic nitrogens is 2. The van der Waals surface area contributed by atoms with E-state index in [0.29, 0.717) is 47.0 Å². The average molecular weight is 481 g/mol. The molecule has 2 aromatic rings. The predicted molar refractivity (Wildman–Crippen MR) is 143 cm³/mol. The quantitative estimate of drug-likeness (QED) is 0.298. The molecule has 0 radical (unpaired) electrons. The first-order chi connectivity index (χ1) is 17.8. The number of nitriles is 4. The van der Waals surface area contributed by atoms with Crippen LogP contribution in [0.4, 0.5) is 0 Å². The topological polar surface area (TPSA) is 121 Å². The van der Waals surface area contributed by atoms with Gasteiger partial charge in [0.2, 0.25) is 0 Å². The number of nitrogens with zero attached hydrogens (tertiary/aromatic N) is 6. The Morgan fingerprint density at radius 3 is 1.92 bits per heavy atom. The lowest BCUT2D eigenvalue weighted by atomic mass is 9.88. The zero-order valence-corrected chi connectivity index (χ0v) is 21.3. The lowest BCUT2D eigenvalue weighted by Crippen LogP contribution is -2.08. The third kappa shape index (κ3) is 5.82. The Kier molecular flexibility index (Phi) is 9.70. The minimum Gasteiger partial charge on any atom is -0.232 e. The Bertz CT molecular complexity index is 1650. The molecule has 0 amide bonds. The molecule has 0 aliphatic carbocycles. The highest BCUT2D eigenvalue weighted by molar-refractivity contribution is 5.86. The third-order valence-corrected chi connectivity index (χ3v) is 5.90. The van der Waals surface area contributed by atoms with Gasteiger partial charge in [-0.05, 0) is 62.3 Å². The highest BCUT2D eigenvalue weighted by atomic mass is 14.8. The molecule has 1 aromatic heterocycles. The van der Waals surface area contributed by atoms with E-state index in [-0.39, 0.29) is 17.0 Å². The number of benzene rings is 1. The molecular weight excluding hydrogens is 456 g/mol. The molecule has 37 heavy (non-hydrogen) atoms. The first-order valence-electron chi connectivity index (χ1n) is 11.5. The summed E-state index contributed by atoms with van der Waals surface area (Å²) in [5, 5.41) is 37.9. The van der Waals surface area contributed by atoms with Crippen LogP contribution < -0.4 is 0 Å². The predicted octanol–water partition coefficient (Wildman–Crippen LogP) is 5.39. The summed E-state index contributed by atoms with van der Waals surface area (Å²) in [6, 6.07) is 8.07. The molecule has 0 spiro atoms. The van der Waals surface area contributed by atoms with Gasteiger partial charge in [-0.25, -0.2) is 9.97 Å². The van der Waals surface area contributed by atoms with Crippen LogP contribution in [0.1, 0.15) is 54.4 Å². The fraction of sp³-hybridized carbons (Fsp3) is 0.226. The van der Waals surface area contributed by atoms with Crippen LogP contribution in [0.25, 0.3) is 11.0 Å². The van der Waals surface area contributed by atoms with Crippen molar-refractivity contribution in [3.05, 3.63) is 80.7 Å². The molecule has 0 fully saturated rings. The molecule has 0 aliphatic heterocycles. The molecule has 0 N–H and O–H groups in total. The largest absolute Gasteiger partial charge is 0.232 e. The molecule has 6 nitrogen and oxygen atoms in total. The molecule has 1 aromatic carbocycles. The van der Waals surface area contributed by atoms with Gasteiger partial charge in [0.05, 0.1) is 28.2 Å². The van der Waals surface area contributed by atoms with Crippen molar-refractivity contribution in [2.24, 2.45) is 0 Å². The number of allylic oxidation sites excluding steroid dienone is 7. The van der Waals surface area contributed by atoms with Crippen molar-refractivity contribution >= 4 is 11.0 Å². The maximum Gasteiger partial charge on any atom is 0.177 e. The Hall–Kier alpha value is -5.40. The number of fused-ring (bicyclic) bond motifs is 1. The van der Waals surface area contributed by atoms with Crippen LogP contribution in [0.15, 0.2) is 47.1 Å². The van der Waals surface area contributed by atoms with E-state index in [1.54, 1.807) is 26.0 Å². The van der Waals surface area contributed by atoms with Crippen LogP contribution >= 0.6 is 0 Å². The summed E-state index contributed by atoms with van der Waals surface area (Å²) in [6.45, 7) is 11.2. The number of hydrogen-bond donors (Lipinski definition) is 0. The lowest BCUT2D eigenvalue weighted by Gasteiger charge is -2.18. The summed E-state index contributed by atoms with van der Waals surface area (Å²) in [7, 11) is 0. The van der Waals surface area contributed by atoms with Gasteiger partial charge in [0.1, 0.15) is 18.2 Å². The fourth-order valence-electron chi connectivity index (χ4n) is 4.07. The van der Waals surface area contributed by atoms with Crippen molar-refractivity contribution in [1.29, 1.82) is 21.0 Å². The minimum absolute atomic E-state index is 0.0624. The van der Waals surface area contributed by atoms with Crippen molar-refractivity contribution in [2.45, 2.75) is 47.0 Å². The van der Waals surface area contributed by atoms with Crippen molar-refractivity contribution < 1.29 is 0 Å². The first kappa shape index (κ1) is 27.8. The van der Waals surface area contributed by atoms with Crippen LogP contribution in [0, 0.1) is 76.4 Å². The Morgan fingerprint density at radius 2 is 1.46 bits per heavy atom. The van der Waals surface area contributed by atoms with Gasteiger partial charge in [0.15, 0.2) is 11.4 Å². The monoisotopic (exact) mass is 480 g/mol. The second kappa shape index (κ2) is 12.9. The molecule has 2 rings (SSSR count). The average Bonchev–Trinajstić information content (AvgIpc) is 2.92. The third-order valence-electron chi connectivity index (χ3n) is 5.90. The molecule has 178 valence electrons. The summed E-state index contributed by atoms with van der Waals surface area (Å²) in [6.07, 6.45) is 12.3. The second-order valence-corrected chi connectivity index (χ2v) is 7.82. The van der Waals surface area contributed by atoms with Crippen LogP contribution in [-0.4, -0.2) is 9.97 Å². The van der Waals surface area contributed by atoms with Crippen molar-refractivity contribution in [3.8, 4) is 48.5 Å². The van der Waals surface area contributed by atoms with Crippen molar-refractivity contribution in [2.75, 3.05) is 0 Å². The van der Waals surface area contributed by atoms with Crippen LogP contribution in [0.2, 0.25) is 0 Å². The molecule has 0 saturated heterocycles. The van der Waals surface area contributed by atoms with E-state index in [9.17, 15) is 21.0 Å². The highest BCUT2D eigenvalue weighted by Crippen LogP contribution is 2.31. The number of terminal acetylenes is 1. The summed E-state index contributed by atoms with van der Waals surface area (Å²) in [4.78, 5) is 9.09. The number of hydrogen-bond acceptors (Lipinski definition) is 6. The summed E-state index contributed by atoms with van der Waals surface area (Å²) in [5.74, 6) is 8.29. The van der Waals surface area contributed by atoms with Gasteiger partial charge in [-0.1, -0.05) is 43.6 Å². The van der Waals surface area contributed by atoms with Gasteiger partial charge in [-0.15, -0.1) is 12.3 Å². The molecule has 0 aliphatic rings. The maximum atomic E-state index is 9.62. The van der Waals surface area contributed by atoms with E-state index < -0.39 is 0 Å². The molecule has 0 saturated carbocycles. The van der Waals surface area contributed by atoms with Gasteiger partial charge in [-0.3, -0.25) is 0 Å². The standard InChI is InChI=1S/C31H24N6/c1-7-11-24(20(5)16-32)13-15-27-25(10-4)21(6)26(14-12-22(8-2)23(9-3)17-33)30-31(27)37-29(19-35)28(18-34)36-30/h2,9,12-13H,5,10,14-15H2,1,3-4,6H3/b22-12-,23-9+,24-13-. The molecule has 0 bridgehead atoms. The van der Waals surface area contributed by atoms with E-state index in [4.69, 9.17) is 6.42 Å². The molecule has 6 heteroatoms. The van der Waals surface area contributed by atoms with E-state index in [2.05, 4.69) is 40.4 Å². The molecule has 0 unspecified atom stereocenters. The molecular formula is C31H24N6. The molecule has 0 atom stereocenters. The molecule has 1 heterocycles. The first-order valence-corrected chi connectivity index (χ1v) is 11.5. The van der Waals surface area contributed by atoms with E-state index in [1.807, 2.05) is 38.1 Å². The van der Waals surface area contributed by atoms with Crippen LogP contribution in [-0.2, 0) is 19.3 Å². The van der Waals surface area contributed by atoms with Gasteiger partial charge in [0.25, 0.3) is 0 Å². The Morgan fingerprint density at radius 1 is 0.892 bits per heavy atom. The minimum atomic E-state index is -0.0656. The van der Waals surface area contributed by atoms with Crippen molar-refractivity contribution in [3.63, 3.8) is 0 Å². The maximum absolute atomic E-state index is 9.62. The zero-order valence-electron chi connectivity index (χ0n) is 21.3. The summed E-state index contributed by atoms with van der Waals surface area (Å²) in [5.41, 5.74) is 6.08. The smallest absolute Gasteiger partial charge is 0.177 e. The fourth-order valence-corrected chi connectivity index (χ4v) is 4.07. The van der Waals surface area contributed by atoms with Crippen LogP contribution in [0.3, 0.4) is 0 Å². The lowest BCUT2D eigenvalue weighted by molar-refractivity contribution is 1.02. The van der Waals surface area contributed by atoms with Crippen LogP contribution in [0.5, 0.6) is 0 Å². The van der Waals surface area contributed by atoms with E-state index in [1.165, 1.54) is 0 Å². The SMILES string of the molecule is C#CC(=C/Cc1c(C)c(CC)c(C/C=C(/C#CC)C(=C)C#N)c2nc(C#N)c(C#N)nc12)/C(C#N)=C/C. The van der Waals surface area contributed by atoms with Gasteiger partial charge < -0.3 is 0 Å². The zero-order chi connectivity index (χ0) is 27.5. The normalized spacial score (nSPS) is 11.3. The highest BCUT2D eigenvalue weighted by Gasteiger charge is 2.20.